The minimum atomic E-state index is -3.54. The molecule has 6 heteroatoms. The summed E-state index contributed by atoms with van der Waals surface area (Å²) in [5, 5.41) is 3.02. The predicted molar refractivity (Wildman–Crippen MR) is 80.9 cm³/mol. The number of nitrogens with one attached hydrogen (secondary N) is 1. The Balaban J connectivity index is 2.18. The summed E-state index contributed by atoms with van der Waals surface area (Å²) < 4.78 is 40.2. The number of halogens is 1. The quantitative estimate of drug-likeness (QED) is 0.840. The highest BCUT2D eigenvalue weighted by Crippen LogP contribution is 2.28. The highest BCUT2D eigenvalue weighted by atomic mass is 32.2. The van der Waals surface area contributed by atoms with Crippen LogP contribution >= 0.6 is 0 Å². The van der Waals surface area contributed by atoms with Gasteiger partial charge in [0.1, 0.15) is 5.82 Å². The minimum Gasteiger partial charge on any atom is -0.313 e. The molecule has 1 saturated carbocycles. The lowest BCUT2D eigenvalue weighted by molar-refractivity contribution is 0.263. The Morgan fingerprint density at radius 3 is 2.67 bits per heavy atom. The minimum absolute atomic E-state index is 0.165. The van der Waals surface area contributed by atoms with Gasteiger partial charge in [0.15, 0.2) is 0 Å². The molecular weight excluding hydrogens is 291 g/mol. The average molecular weight is 314 g/mol. The first-order valence-electron chi connectivity index (χ1n) is 7.40. The van der Waals surface area contributed by atoms with Gasteiger partial charge in [0.2, 0.25) is 10.0 Å². The van der Waals surface area contributed by atoms with Crippen LogP contribution in [0.3, 0.4) is 0 Å². The van der Waals surface area contributed by atoms with E-state index < -0.39 is 10.0 Å². The van der Waals surface area contributed by atoms with Crippen LogP contribution in [0, 0.1) is 11.7 Å². The number of rotatable bonds is 7. The summed E-state index contributed by atoms with van der Waals surface area (Å²) in [5.41, 5.74) is 0.384. The third-order valence-electron chi connectivity index (χ3n) is 4.03. The van der Waals surface area contributed by atoms with Crippen molar-refractivity contribution >= 4 is 10.0 Å². The van der Waals surface area contributed by atoms with Crippen molar-refractivity contribution in [1.82, 2.24) is 9.62 Å². The number of hydrogen-bond donors (Lipinski definition) is 1. The van der Waals surface area contributed by atoms with Crippen LogP contribution in [0.1, 0.15) is 31.7 Å². The summed E-state index contributed by atoms with van der Waals surface area (Å²) >= 11 is 0. The van der Waals surface area contributed by atoms with E-state index in [-0.39, 0.29) is 10.7 Å². The van der Waals surface area contributed by atoms with Gasteiger partial charge >= 0.3 is 0 Å². The molecule has 1 N–H and O–H groups in total. The summed E-state index contributed by atoms with van der Waals surface area (Å²) in [4.78, 5) is 0.165. The molecule has 1 aliphatic carbocycles. The molecule has 118 valence electrons. The first kappa shape index (κ1) is 16.4. The lowest BCUT2D eigenvalue weighted by Crippen LogP contribution is -2.34. The number of sulfonamides is 1. The SMILES string of the molecule is CCNCc1cc(S(=O)(=O)N(C)CC2CCC2)ccc1F. The molecule has 0 heterocycles. The zero-order valence-corrected chi connectivity index (χ0v) is 13.4. The van der Waals surface area contributed by atoms with Crippen LogP contribution in [0.2, 0.25) is 0 Å². The van der Waals surface area contributed by atoms with Gasteiger partial charge in [0.25, 0.3) is 0 Å². The second kappa shape index (κ2) is 6.85. The van der Waals surface area contributed by atoms with Gasteiger partial charge in [-0.2, -0.15) is 0 Å². The van der Waals surface area contributed by atoms with E-state index in [1.54, 1.807) is 7.05 Å². The van der Waals surface area contributed by atoms with Crippen LogP contribution in [0.15, 0.2) is 23.1 Å². The number of hydrogen-bond acceptors (Lipinski definition) is 3. The Morgan fingerprint density at radius 1 is 1.38 bits per heavy atom. The summed E-state index contributed by atoms with van der Waals surface area (Å²) in [7, 11) is -1.94. The van der Waals surface area contributed by atoms with Gasteiger partial charge in [-0.1, -0.05) is 13.3 Å². The fourth-order valence-corrected chi connectivity index (χ4v) is 3.72. The van der Waals surface area contributed by atoms with Crippen molar-refractivity contribution < 1.29 is 12.8 Å². The molecule has 1 aromatic rings. The summed E-state index contributed by atoms with van der Waals surface area (Å²) in [6, 6.07) is 4.01. The molecule has 0 aromatic heterocycles. The maximum absolute atomic E-state index is 13.7. The highest BCUT2D eigenvalue weighted by molar-refractivity contribution is 7.89. The maximum atomic E-state index is 13.7. The fourth-order valence-electron chi connectivity index (χ4n) is 2.42. The van der Waals surface area contributed by atoms with E-state index in [9.17, 15) is 12.8 Å². The van der Waals surface area contributed by atoms with Gasteiger partial charge < -0.3 is 5.32 Å². The molecule has 0 atom stereocenters. The zero-order valence-electron chi connectivity index (χ0n) is 12.6. The summed E-state index contributed by atoms with van der Waals surface area (Å²) in [6.45, 7) is 3.50. The van der Waals surface area contributed by atoms with Crippen LogP contribution < -0.4 is 5.32 Å². The van der Waals surface area contributed by atoms with Crippen molar-refractivity contribution in [3.8, 4) is 0 Å². The third-order valence-corrected chi connectivity index (χ3v) is 5.85. The van der Waals surface area contributed by atoms with Gasteiger partial charge in [0.05, 0.1) is 4.90 Å². The molecule has 0 amide bonds. The largest absolute Gasteiger partial charge is 0.313 e. The van der Waals surface area contributed by atoms with Crippen molar-refractivity contribution in [2.45, 2.75) is 37.6 Å². The Hall–Kier alpha value is -0.980. The van der Waals surface area contributed by atoms with Gasteiger partial charge in [-0.3, -0.25) is 0 Å². The topological polar surface area (TPSA) is 49.4 Å². The lowest BCUT2D eigenvalue weighted by atomic mass is 9.86. The van der Waals surface area contributed by atoms with Crippen LogP contribution in [-0.2, 0) is 16.6 Å². The Kier molecular flexibility index (Phi) is 5.35. The molecule has 0 saturated heterocycles. The lowest BCUT2D eigenvalue weighted by Gasteiger charge is -2.29. The Morgan fingerprint density at radius 2 is 2.10 bits per heavy atom. The molecule has 1 fully saturated rings. The van der Waals surface area contributed by atoms with Gasteiger partial charge in [0, 0.05) is 25.7 Å². The zero-order chi connectivity index (χ0) is 15.5. The number of benzene rings is 1. The van der Waals surface area contributed by atoms with E-state index in [1.807, 2.05) is 6.92 Å². The molecule has 0 aliphatic heterocycles. The number of nitrogens with zero attached hydrogens (tertiary/aromatic N) is 1. The average Bonchev–Trinajstić information content (AvgIpc) is 2.41. The van der Waals surface area contributed by atoms with E-state index in [0.717, 1.165) is 12.8 Å². The molecule has 2 rings (SSSR count). The molecule has 1 aromatic carbocycles. The van der Waals surface area contributed by atoms with Crippen molar-refractivity contribution in [2.24, 2.45) is 5.92 Å². The van der Waals surface area contributed by atoms with Crippen LogP contribution in [-0.4, -0.2) is 32.9 Å². The van der Waals surface area contributed by atoms with Crippen LogP contribution in [0.5, 0.6) is 0 Å². The van der Waals surface area contributed by atoms with E-state index in [2.05, 4.69) is 5.32 Å². The summed E-state index contributed by atoms with van der Waals surface area (Å²) in [6.07, 6.45) is 3.37. The predicted octanol–water partition coefficient (Wildman–Crippen LogP) is 2.36. The van der Waals surface area contributed by atoms with Crippen molar-refractivity contribution in [3.05, 3.63) is 29.6 Å². The first-order valence-corrected chi connectivity index (χ1v) is 8.84. The molecule has 0 spiro atoms. The molecular formula is C15H23FN2O2S. The second-order valence-electron chi connectivity index (χ2n) is 5.62. The van der Waals surface area contributed by atoms with Crippen molar-refractivity contribution in [2.75, 3.05) is 20.1 Å². The van der Waals surface area contributed by atoms with E-state index in [4.69, 9.17) is 0 Å². The molecule has 21 heavy (non-hydrogen) atoms. The first-order chi connectivity index (χ1) is 9.95. The molecule has 0 bridgehead atoms. The molecule has 4 nitrogen and oxygen atoms in total. The monoisotopic (exact) mass is 314 g/mol. The molecule has 0 radical (unpaired) electrons. The van der Waals surface area contributed by atoms with Crippen molar-refractivity contribution in [3.63, 3.8) is 0 Å². The smallest absolute Gasteiger partial charge is 0.242 e. The van der Waals surface area contributed by atoms with Gasteiger partial charge in [-0.05, 0) is 43.5 Å². The molecule has 1 aliphatic rings. The Bertz CT molecular complexity index is 585. The fraction of sp³-hybridized carbons (Fsp3) is 0.600. The van der Waals surface area contributed by atoms with E-state index in [1.165, 1.54) is 28.9 Å². The standard InChI is InChI=1S/C15H23FN2O2S/c1-3-17-10-13-9-14(7-8-15(13)16)21(19,20)18(2)11-12-5-4-6-12/h7-9,12,17H,3-6,10-11H2,1-2H3. The maximum Gasteiger partial charge on any atom is 0.242 e. The summed E-state index contributed by atoms with van der Waals surface area (Å²) in [5.74, 6) is 0.0861. The van der Waals surface area contributed by atoms with Gasteiger partial charge in [-0.15, -0.1) is 0 Å². The third kappa shape index (κ3) is 3.81. The van der Waals surface area contributed by atoms with Gasteiger partial charge in [-0.25, -0.2) is 17.1 Å². The van der Waals surface area contributed by atoms with E-state index >= 15 is 0 Å². The molecule has 0 unspecified atom stereocenters. The Labute approximate surface area is 126 Å². The van der Waals surface area contributed by atoms with E-state index in [0.29, 0.717) is 31.1 Å². The van der Waals surface area contributed by atoms with Crippen molar-refractivity contribution in [1.29, 1.82) is 0 Å². The normalized spacial score (nSPS) is 16.2. The van der Waals surface area contributed by atoms with Crippen LogP contribution in [0.25, 0.3) is 0 Å². The van der Waals surface area contributed by atoms with Crippen LogP contribution in [0.4, 0.5) is 4.39 Å². The highest BCUT2D eigenvalue weighted by Gasteiger charge is 2.27. The second-order valence-corrected chi connectivity index (χ2v) is 7.66.